The molecule has 9 heteroatoms. The molecule has 0 heterocycles. The minimum Gasteiger partial charge on any atom is -0.352 e. The summed E-state index contributed by atoms with van der Waals surface area (Å²) >= 11 is 0. The van der Waals surface area contributed by atoms with Gasteiger partial charge in [0.05, 0.1) is 10.6 Å². The summed E-state index contributed by atoms with van der Waals surface area (Å²) in [4.78, 5) is 28.5. The van der Waals surface area contributed by atoms with E-state index in [2.05, 4.69) is 5.32 Å². The number of hydrogen-bond acceptors (Lipinski definition) is 4. The Morgan fingerprint density at radius 1 is 0.949 bits per heavy atom. The van der Waals surface area contributed by atoms with Gasteiger partial charge in [0.25, 0.3) is 10.0 Å². The van der Waals surface area contributed by atoms with Gasteiger partial charge < -0.3 is 10.2 Å². The van der Waals surface area contributed by atoms with Crippen LogP contribution in [0.2, 0.25) is 0 Å². The molecular formula is C30H34FN3O4S. The molecule has 1 aliphatic carbocycles. The van der Waals surface area contributed by atoms with Gasteiger partial charge in [-0.1, -0.05) is 67.4 Å². The minimum absolute atomic E-state index is 0.0590. The monoisotopic (exact) mass is 551 g/mol. The van der Waals surface area contributed by atoms with Gasteiger partial charge in [0.1, 0.15) is 18.4 Å². The first-order valence-electron chi connectivity index (χ1n) is 13.1. The number of benzene rings is 3. The van der Waals surface area contributed by atoms with Gasteiger partial charge in [-0.05, 0) is 62.1 Å². The summed E-state index contributed by atoms with van der Waals surface area (Å²) in [6, 6.07) is 19.7. The van der Waals surface area contributed by atoms with Crippen molar-refractivity contribution >= 4 is 27.5 Å². The van der Waals surface area contributed by atoms with E-state index in [1.165, 1.54) is 35.2 Å². The van der Waals surface area contributed by atoms with Crippen molar-refractivity contribution in [1.29, 1.82) is 0 Å². The second-order valence-electron chi connectivity index (χ2n) is 9.89. The first-order valence-corrected chi connectivity index (χ1v) is 14.6. The zero-order chi connectivity index (χ0) is 28.0. The maximum atomic E-state index is 15.0. The number of halogens is 1. The van der Waals surface area contributed by atoms with Gasteiger partial charge in [0, 0.05) is 12.6 Å². The maximum absolute atomic E-state index is 15.0. The van der Waals surface area contributed by atoms with Crippen molar-refractivity contribution < 1.29 is 22.4 Å². The molecule has 206 valence electrons. The Morgan fingerprint density at radius 2 is 1.56 bits per heavy atom. The molecule has 1 atom stereocenters. The van der Waals surface area contributed by atoms with Crippen LogP contribution in [0.25, 0.3) is 0 Å². The van der Waals surface area contributed by atoms with Gasteiger partial charge >= 0.3 is 0 Å². The molecule has 0 aromatic heterocycles. The summed E-state index contributed by atoms with van der Waals surface area (Å²) in [5.41, 5.74) is 1.52. The predicted molar refractivity (Wildman–Crippen MR) is 149 cm³/mol. The summed E-state index contributed by atoms with van der Waals surface area (Å²) in [5, 5.41) is 3.04. The van der Waals surface area contributed by atoms with Gasteiger partial charge in [-0.2, -0.15) is 0 Å². The smallest absolute Gasteiger partial charge is 0.264 e. The van der Waals surface area contributed by atoms with E-state index in [9.17, 15) is 22.4 Å². The molecule has 39 heavy (non-hydrogen) atoms. The standard InChI is InChI=1S/C30H34FN3O4S/c1-22-12-6-7-13-24(22)20-33(23(2)30(36)32-25-14-8-9-15-25)29(35)21-34(28-19-11-10-18-27(28)31)39(37,38)26-16-4-3-5-17-26/h3-7,10-13,16-19,23,25H,8-9,14-15,20-21H2,1-2H3,(H,32,36)/t23-/m0/s1. The molecule has 3 aromatic rings. The highest BCUT2D eigenvalue weighted by Crippen LogP contribution is 2.27. The Hall–Kier alpha value is -3.72. The molecule has 0 radical (unpaired) electrons. The van der Waals surface area contributed by atoms with Crippen LogP contribution in [0.5, 0.6) is 0 Å². The fourth-order valence-corrected chi connectivity index (χ4v) is 6.28. The van der Waals surface area contributed by atoms with Gasteiger partial charge in [-0.3, -0.25) is 13.9 Å². The molecule has 0 bridgehead atoms. The summed E-state index contributed by atoms with van der Waals surface area (Å²) in [5.74, 6) is -1.69. The molecule has 1 fully saturated rings. The summed E-state index contributed by atoms with van der Waals surface area (Å²) in [6.45, 7) is 2.97. The molecule has 0 saturated heterocycles. The lowest BCUT2D eigenvalue weighted by Gasteiger charge is -2.33. The quantitative estimate of drug-likeness (QED) is 0.392. The van der Waals surface area contributed by atoms with Crippen LogP contribution in [0.1, 0.15) is 43.7 Å². The number of anilines is 1. The second kappa shape index (κ2) is 12.4. The zero-order valence-corrected chi connectivity index (χ0v) is 23.0. The number of carbonyl (C=O) groups excluding carboxylic acids is 2. The van der Waals surface area contributed by atoms with E-state index >= 15 is 0 Å². The van der Waals surface area contributed by atoms with Crippen LogP contribution in [0, 0.1) is 12.7 Å². The van der Waals surface area contributed by atoms with E-state index < -0.39 is 34.3 Å². The van der Waals surface area contributed by atoms with Crippen molar-refractivity contribution in [1.82, 2.24) is 10.2 Å². The summed E-state index contributed by atoms with van der Waals surface area (Å²) in [7, 11) is -4.31. The number of aryl methyl sites for hydroxylation is 1. The summed E-state index contributed by atoms with van der Waals surface area (Å²) < 4.78 is 43.1. The van der Waals surface area contributed by atoms with E-state index in [4.69, 9.17) is 0 Å². The van der Waals surface area contributed by atoms with E-state index in [-0.39, 0.29) is 29.1 Å². The Labute approximate surface area is 229 Å². The molecule has 0 spiro atoms. The van der Waals surface area contributed by atoms with Crippen molar-refractivity contribution in [2.75, 3.05) is 10.8 Å². The van der Waals surface area contributed by atoms with Crippen LogP contribution in [0.15, 0.2) is 83.8 Å². The Kier molecular flexibility index (Phi) is 9.01. The maximum Gasteiger partial charge on any atom is 0.264 e. The third-order valence-corrected chi connectivity index (χ3v) is 8.98. The van der Waals surface area contributed by atoms with Crippen LogP contribution in [-0.2, 0) is 26.2 Å². The van der Waals surface area contributed by atoms with Crippen LogP contribution in [0.3, 0.4) is 0 Å². The SMILES string of the molecule is Cc1ccccc1CN(C(=O)CN(c1ccccc1F)S(=O)(=O)c1ccccc1)[C@@H](C)C(=O)NC1CCCC1. The lowest BCUT2D eigenvalue weighted by atomic mass is 10.1. The van der Waals surface area contributed by atoms with Gasteiger partial charge in [0.2, 0.25) is 11.8 Å². The first-order chi connectivity index (χ1) is 18.7. The largest absolute Gasteiger partial charge is 0.352 e. The van der Waals surface area contributed by atoms with E-state index in [1.807, 2.05) is 31.2 Å². The fourth-order valence-electron chi connectivity index (χ4n) is 4.83. The second-order valence-corrected chi connectivity index (χ2v) is 11.8. The van der Waals surface area contributed by atoms with E-state index in [0.29, 0.717) is 0 Å². The number of nitrogens with one attached hydrogen (secondary N) is 1. The molecular weight excluding hydrogens is 517 g/mol. The Balaban J connectivity index is 1.69. The third-order valence-electron chi connectivity index (χ3n) is 7.20. The number of amides is 2. The topological polar surface area (TPSA) is 86.8 Å². The van der Waals surface area contributed by atoms with Crippen LogP contribution in [-0.4, -0.2) is 43.8 Å². The van der Waals surface area contributed by atoms with Crippen molar-refractivity contribution in [3.63, 3.8) is 0 Å². The van der Waals surface area contributed by atoms with E-state index in [0.717, 1.165) is 47.2 Å². The normalized spacial score (nSPS) is 14.5. The molecule has 3 aromatic carbocycles. The number of hydrogen-bond donors (Lipinski definition) is 1. The van der Waals surface area contributed by atoms with Gasteiger partial charge in [-0.15, -0.1) is 0 Å². The highest BCUT2D eigenvalue weighted by Gasteiger charge is 2.34. The third kappa shape index (κ3) is 6.65. The molecule has 0 aliphatic heterocycles. The lowest BCUT2D eigenvalue weighted by molar-refractivity contribution is -0.139. The molecule has 4 rings (SSSR count). The minimum atomic E-state index is -4.31. The first kappa shape index (κ1) is 28.3. The van der Waals surface area contributed by atoms with Crippen LogP contribution >= 0.6 is 0 Å². The Bertz CT molecular complexity index is 1410. The highest BCUT2D eigenvalue weighted by atomic mass is 32.2. The average molecular weight is 552 g/mol. The van der Waals surface area contributed by atoms with Gasteiger partial charge in [0.15, 0.2) is 0 Å². The number of nitrogens with zero attached hydrogens (tertiary/aromatic N) is 2. The van der Waals surface area contributed by atoms with Crippen molar-refractivity contribution in [2.24, 2.45) is 0 Å². The van der Waals surface area contributed by atoms with E-state index in [1.54, 1.807) is 25.1 Å². The molecule has 0 unspecified atom stereocenters. The number of carbonyl (C=O) groups is 2. The van der Waals surface area contributed by atoms with Gasteiger partial charge in [-0.25, -0.2) is 12.8 Å². The zero-order valence-electron chi connectivity index (χ0n) is 22.2. The number of para-hydroxylation sites is 1. The molecule has 7 nitrogen and oxygen atoms in total. The Morgan fingerprint density at radius 3 is 2.23 bits per heavy atom. The average Bonchev–Trinajstić information content (AvgIpc) is 3.45. The van der Waals surface area contributed by atoms with Crippen molar-refractivity contribution in [2.45, 2.75) is 63.1 Å². The highest BCUT2D eigenvalue weighted by molar-refractivity contribution is 7.92. The predicted octanol–water partition coefficient (Wildman–Crippen LogP) is 4.81. The van der Waals surface area contributed by atoms with Crippen molar-refractivity contribution in [3.05, 3.63) is 95.8 Å². The number of sulfonamides is 1. The van der Waals surface area contributed by atoms with Crippen LogP contribution in [0.4, 0.5) is 10.1 Å². The summed E-state index contributed by atoms with van der Waals surface area (Å²) in [6.07, 6.45) is 3.86. The van der Waals surface area contributed by atoms with Crippen molar-refractivity contribution in [3.8, 4) is 0 Å². The fraction of sp³-hybridized carbons (Fsp3) is 0.333. The molecule has 1 saturated carbocycles. The molecule has 1 N–H and O–H groups in total. The van der Waals surface area contributed by atoms with Crippen LogP contribution < -0.4 is 9.62 Å². The molecule has 2 amide bonds. The lowest BCUT2D eigenvalue weighted by Crippen LogP contribution is -2.52. The molecule has 1 aliphatic rings. The number of rotatable bonds is 10.